The fourth-order valence-electron chi connectivity index (χ4n) is 1.41. The summed E-state index contributed by atoms with van der Waals surface area (Å²) in [5.41, 5.74) is 2.21. The van der Waals surface area contributed by atoms with Gasteiger partial charge in [0.1, 0.15) is 0 Å². The molecule has 0 unspecified atom stereocenters. The molecule has 0 aliphatic heterocycles. The van der Waals surface area contributed by atoms with Gasteiger partial charge in [0.25, 0.3) is 0 Å². The van der Waals surface area contributed by atoms with E-state index in [2.05, 4.69) is 10.3 Å². The normalized spacial score (nSPS) is 10.8. The lowest BCUT2D eigenvalue weighted by Crippen LogP contribution is -2.06. The van der Waals surface area contributed by atoms with E-state index in [1.54, 1.807) is 12.3 Å². The van der Waals surface area contributed by atoms with Crippen LogP contribution < -0.4 is 5.32 Å². The number of benzene rings is 1. The Kier molecular flexibility index (Phi) is 3.89. The predicted octanol–water partition coefficient (Wildman–Crippen LogP) is 3.41. The second-order valence-corrected chi connectivity index (χ2v) is 5.24. The van der Waals surface area contributed by atoms with Gasteiger partial charge < -0.3 is 0 Å². The molecule has 1 heterocycles. The van der Waals surface area contributed by atoms with Gasteiger partial charge in [0.05, 0.1) is 0 Å². The summed E-state index contributed by atoms with van der Waals surface area (Å²) in [7, 11) is 0. The summed E-state index contributed by atoms with van der Waals surface area (Å²) >= 11 is 1.46. The van der Waals surface area contributed by atoms with Crippen LogP contribution in [0.15, 0.2) is 36.5 Å². The largest absolute Gasteiger partial charge is 0.298 e. The first-order valence-corrected chi connectivity index (χ1v) is 6.43. The minimum Gasteiger partial charge on any atom is -0.298 e. The van der Waals surface area contributed by atoms with E-state index in [1.807, 2.05) is 38.1 Å². The van der Waals surface area contributed by atoms with Crippen molar-refractivity contribution >= 4 is 28.5 Å². The first-order chi connectivity index (χ1) is 8.63. The molecular formula is C14H14N2OS. The highest BCUT2D eigenvalue weighted by atomic mass is 32.1. The second kappa shape index (κ2) is 5.60. The van der Waals surface area contributed by atoms with Gasteiger partial charge in [-0.05, 0) is 25.5 Å². The molecule has 3 nitrogen and oxygen atoms in total. The smallest absolute Gasteiger partial charge is 0.250 e. The number of rotatable bonds is 3. The van der Waals surface area contributed by atoms with E-state index in [1.165, 1.54) is 23.0 Å². The van der Waals surface area contributed by atoms with E-state index < -0.39 is 0 Å². The number of nitrogens with zero attached hydrogens (tertiary/aromatic N) is 1. The van der Waals surface area contributed by atoms with Crippen LogP contribution in [0.5, 0.6) is 0 Å². The summed E-state index contributed by atoms with van der Waals surface area (Å²) in [4.78, 5) is 16.8. The zero-order chi connectivity index (χ0) is 13.0. The molecule has 18 heavy (non-hydrogen) atoms. The zero-order valence-corrected chi connectivity index (χ0v) is 11.1. The van der Waals surface area contributed by atoms with Gasteiger partial charge in [-0.2, -0.15) is 0 Å². The molecule has 1 aromatic heterocycles. The number of carbonyl (C=O) groups is 1. The van der Waals surface area contributed by atoms with Crippen molar-refractivity contribution in [2.45, 2.75) is 13.8 Å². The third-order valence-corrected chi connectivity index (χ3v) is 3.18. The van der Waals surface area contributed by atoms with Gasteiger partial charge in [-0.25, -0.2) is 4.98 Å². The van der Waals surface area contributed by atoms with Crippen molar-refractivity contribution in [3.8, 4) is 0 Å². The van der Waals surface area contributed by atoms with E-state index in [4.69, 9.17) is 0 Å². The van der Waals surface area contributed by atoms with Gasteiger partial charge in [-0.3, -0.25) is 10.1 Å². The average molecular weight is 258 g/mol. The molecule has 0 aliphatic rings. The Labute approximate surface area is 110 Å². The SMILES string of the molecule is Cc1ccc(/C=C/C(=O)Nc2ncc(C)s2)cc1. The summed E-state index contributed by atoms with van der Waals surface area (Å²) in [5.74, 6) is -0.162. The quantitative estimate of drug-likeness (QED) is 0.857. The topological polar surface area (TPSA) is 42.0 Å². The molecule has 2 rings (SSSR count). The number of amides is 1. The van der Waals surface area contributed by atoms with Crippen molar-refractivity contribution in [3.63, 3.8) is 0 Å². The third kappa shape index (κ3) is 3.53. The highest BCUT2D eigenvalue weighted by Gasteiger charge is 2.01. The molecule has 0 fully saturated rings. The maximum Gasteiger partial charge on any atom is 0.250 e. The van der Waals surface area contributed by atoms with Crippen LogP contribution in [0.1, 0.15) is 16.0 Å². The van der Waals surface area contributed by atoms with Gasteiger partial charge >= 0.3 is 0 Å². The van der Waals surface area contributed by atoms with Gasteiger partial charge in [0.15, 0.2) is 5.13 Å². The standard InChI is InChI=1S/C14H14N2OS/c1-10-3-5-12(6-4-10)7-8-13(17)16-14-15-9-11(2)18-14/h3-9H,1-2H3,(H,15,16,17)/b8-7+. The number of aryl methyl sites for hydroxylation is 2. The highest BCUT2D eigenvalue weighted by molar-refractivity contribution is 7.15. The molecule has 0 aliphatic carbocycles. The monoisotopic (exact) mass is 258 g/mol. The molecular weight excluding hydrogens is 244 g/mol. The number of anilines is 1. The molecule has 0 radical (unpaired) electrons. The van der Waals surface area contributed by atoms with Crippen molar-refractivity contribution in [2.75, 3.05) is 5.32 Å². The fraction of sp³-hybridized carbons (Fsp3) is 0.143. The molecule has 1 aromatic carbocycles. The Morgan fingerprint density at radius 3 is 2.61 bits per heavy atom. The molecule has 0 saturated carbocycles. The van der Waals surface area contributed by atoms with E-state index in [-0.39, 0.29) is 5.91 Å². The summed E-state index contributed by atoms with van der Waals surface area (Å²) in [6.45, 7) is 3.99. The number of aromatic nitrogens is 1. The van der Waals surface area contributed by atoms with Crippen LogP contribution in [0.3, 0.4) is 0 Å². The van der Waals surface area contributed by atoms with Crippen LogP contribution >= 0.6 is 11.3 Å². The summed E-state index contributed by atoms with van der Waals surface area (Å²) in [5, 5.41) is 3.36. The number of nitrogens with one attached hydrogen (secondary N) is 1. The molecule has 0 bridgehead atoms. The molecule has 0 saturated heterocycles. The second-order valence-electron chi connectivity index (χ2n) is 4.01. The molecule has 1 amide bonds. The Morgan fingerprint density at radius 1 is 1.28 bits per heavy atom. The van der Waals surface area contributed by atoms with Gasteiger partial charge in [0.2, 0.25) is 5.91 Å². The van der Waals surface area contributed by atoms with Crippen LogP contribution in [-0.4, -0.2) is 10.9 Å². The predicted molar refractivity (Wildman–Crippen MR) is 75.7 cm³/mol. The highest BCUT2D eigenvalue weighted by Crippen LogP contribution is 2.16. The minimum atomic E-state index is -0.162. The molecule has 2 aromatic rings. The Balaban J connectivity index is 1.96. The first kappa shape index (κ1) is 12.5. The summed E-state index contributed by atoms with van der Waals surface area (Å²) in [6.07, 6.45) is 5.04. The Morgan fingerprint density at radius 2 is 2.00 bits per heavy atom. The fourth-order valence-corrected chi connectivity index (χ4v) is 2.08. The molecule has 0 atom stereocenters. The third-order valence-electron chi connectivity index (χ3n) is 2.36. The van der Waals surface area contributed by atoms with Gasteiger partial charge in [-0.15, -0.1) is 11.3 Å². The Hall–Kier alpha value is -1.94. The first-order valence-electron chi connectivity index (χ1n) is 5.61. The van der Waals surface area contributed by atoms with Gasteiger partial charge in [-0.1, -0.05) is 29.8 Å². The number of thiazole rings is 1. The number of hydrogen-bond acceptors (Lipinski definition) is 3. The zero-order valence-electron chi connectivity index (χ0n) is 10.3. The number of hydrogen-bond donors (Lipinski definition) is 1. The Bertz CT molecular complexity index is 570. The van der Waals surface area contributed by atoms with E-state index in [9.17, 15) is 4.79 Å². The molecule has 0 spiro atoms. The maximum absolute atomic E-state index is 11.6. The van der Waals surface area contributed by atoms with Crippen LogP contribution in [-0.2, 0) is 4.79 Å². The lowest BCUT2D eigenvalue weighted by Gasteiger charge is -1.96. The van der Waals surface area contributed by atoms with E-state index in [0.717, 1.165) is 10.4 Å². The van der Waals surface area contributed by atoms with Crippen molar-refractivity contribution in [2.24, 2.45) is 0 Å². The summed E-state index contributed by atoms with van der Waals surface area (Å²) < 4.78 is 0. The molecule has 4 heteroatoms. The van der Waals surface area contributed by atoms with Crippen LogP contribution in [0.4, 0.5) is 5.13 Å². The van der Waals surface area contributed by atoms with Crippen molar-refractivity contribution in [1.29, 1.82) is 0 Å². The van der Waals surface area contributed by atoms with E-state index in [0.29, 0.717) is 5.13 Å². The van der Waals surface area contributed by atoms with Crippen molar-refractivity contribution in [1.82, 2.24) is 4.98 Å². The molecule has 92 valence electrons. The van der Waals surface area contributed by atoms with Crippen LogP contribution in [0.2, 0.25) is 0 Å². The van der Waals surface area contributed by atoms with Crippen molar-refractivity contribution < 1.29 is 4.79 Å². The van der Waals surface area contributed by atoms with Gasteiger partial charge in [0, 0.05) is 17.2 Å². The van der Waals surface area contributed by atoms with Crippen LogP contribution in [0, 0.1) is 13.8 Å². The minimum absolute atomic E-state index is 0.162. The van der Waals surface area contributed by atoms with Crippen molar-refractivity contribution in [3.05, 3.63) is 52.5 Å². The number of carbonyl (C=O) groups excluding carboxylic acids is 1. The summed E-state index contributed by atoms with van der Waals surface area (Å²) in [6, 6.07) is 7.99. The lowest BCUT2D eigenvalue weighted by molar-refractivity contribution is -0.111. The van der Waals surface area contributed by atoms with Crippen LogP contribution in [0.25, 0.3) is 6.08 Å². The lowest BCUT2D eigenvalue weighted by atomic mass is 10.1. The van der Waals surface area contributed by atoms with E-state index >= 15 is 0 Å². The average Bonchev–Trinajstić information content (AvgIpc) is 2.74. The molecule has 1 N–H and O–H groups in total. The maximum atomic E-state index is 11.6.